The number of carbonyl (C=O) groups is 2. The summed E-state index contributed by atoms with van der Waals surface area (Å²) in [6.07, 6.45) is 8.62. The summed E-state index contributed by atoms with van der Waals surface area (Å²) in [5, 5.41) is 11.8. The minimum atomic E-state index is -0.0858. The van der Waals surface area contributed by atoms with E-state index in [4.69, 9.17) is 10.00 Å². The predicted octanol–water partition coefficient (Wildman–Crippen LogP) is 1.78. The number of morpholine rings is 1. The maximum absolute atomic E-state index is 12.7. The smallest absolute Gasteiger partial charge is 0.242 e. The van der Waals surface area contributed by atoms with Gasteiger partial charge in [0.15, 0.2) is 0 Å². The van der Waals surface area contributed by atoms with Crippen molar-refractivity contribution >= 4 is 11.8 Å². The maximum Gasteiger partial charge on any atom is 0.242 e. The van der Waals surface area contributed by atoms with E-state index < -0.39 is 0 Å². The van der Waals surface area contributed by atoms with Gasteiger partial charge in [0.2, 0.25) is 11.8 Å². The minimum Gasteiger partial charge on any atom is -0.379 e. The first kappa shape index (κ1) is 21.6. The molecule has 1 saturated heterocycles. The molecule has 1 N–H and O–H groups in total. The van der Waals surface area contributed by atoms with Gasteiger partial charge in [0.1, 0.15) is 0 Å². The number of nitrogens with one attached hydrogen (secondary N) is 1. The first-order chi connectivity index (χ1) is 14.5. The quantitative estimate of drug-likeness (QED) is 0.619. The molecule has 0 atom stereocenters. The maximum atomic E-state index is 12.7. The Bertz CT molecular complexity index is 633. The SMILES string of the molecule is N#CCCN(CCN1CCOCC1)C(=O)CNC(=O)CC12CC3CC(CC(C3)C1)C2. The number of ether oxygens (including phenoxy) is 1. The number of rotatable bonds is 9. The highest BCUT2D eigenvalue weighted by atomic mass is 16.5. The van der Waals surface area contributed by atoms with Crippen LogP contribution in [-0.4, -0.2) is 74.1 Å². The van der Waals surface area contributed by atoms with Gasteiger partial charge in [-0.3, -0.25) is 14.5 Å². The van der Waals surface area contributed by atoms with Crippen LogP contribution in [0.15, 0.2) is 0 Å². The Morgan fingerprint density at radius 1 is 1.07 bits per heavy atom. The molecule has 7 nitrogen and oxygen atoms in total. The standard InChI is InChI=1S/C23H36N4O3/c24-2-1-3-27(5-4-26-6-8-30-9-7-26)22(29)17-25-21(28)16-23-13-18-10-19(14-23)12-20(11-18)15-23/h18-20H,1,3-17H2,(H,25,28). The van der Waals surface area contributed by atoms with E-state index in [1.165, 1.54) is 38.5 Å². The Hall–Kier alpha value is -1.65. The molecule has 4 saturated carbocycles. The van der Waals surface area contributed by atoms with Crippen LogP contribution in [0, 0.1) is 34.5 Å². The molecule has 166 valence electrons. The Morgan fingerprint density at radius 2 is 1.70 bits per heavy atom. The van der Waals surface area contributed by atoms with Gasteiger partial charge in [0, 0.05) is 39.1 Å². The molecule has 1 heterocycles. The molecule has 2 amide bonds. The molecular formula is C23H36N4O3. The normalized spacial score (nSPS) is 32.6. The second-order valence-corrected chi connectivity index (χ2v) is 10.1. The first-order valence-electron chi connectivity index (χ1n) is 11.8. The zero-order valence-corrected chi connectivity index (χ0v) is 18.1. The molecule has 5 aliphatic rings. The van der Waals surface area contributed by atoms with Crippen molar-refractivity contribution in [3.8, 4) is 6.07 Å². The van der Waals surface area contributed by atoms with Gasteiger partial charge >= 0.3 is 0 Å². The summed E-state index contributed by atoms with van der Waals surface area (Å²) in [6.45, 7) is 5.04. The molecular weight excluding hydrogens is 380 g/mol. The van der Waals surface area contributed by atoms with Crippen molar-refractivity contribution < 1.29 is 14.3 Å². The lowest BCUT2D eigenvalue weighted by Gasteiger charge is -2.56. The van der Waals surface area contributed by atoms with Crippen molar-refractivity contribution in [3.63, 3.8) is 0 Å². The number of nitrogens with zero attached hydrogens (tertiary/aromatic N) is 3. The Labute approximate surface area is 180 Å². The van der Waals surface area contributed by atoms with E-state index in [-0.39, 0.29) is 23.8 Å². The van der Waals surface area contributed by atoms with E-state index in [2.05, 4.69) is 16.3 Å². The number of nitriles is 1. The van der Waals surface area contributed by atoms with Gasteiger partial charge in [-0.15, -0.1) is 0 Å². The van der Waals surface area contributed by atoms with Crippen molar-refractivity contribution in [2.45, 2.75) is 51.4 Å². The van der Waals surface area contributed by atoms with Crippen molar-refractivity contribution in [1.82, 2.24) is 15.1 Å². The Kier molecular flexibility index (Phi) is 6.94. The van der Waals surface area contributed by atoms with E-state index in [0.29, 0.717) is 25.9 Å². The molecule has 0 unspecified atom stereocenters. The molecule has 0 aromatic carbocycles. The van der Waals surface area contributed by atoms with E-state index in [1.807, 2.05) is 0 Å². The van der Waals surface area contributed by atoms with E-state index in [1.54, 1.807) is 4.90 Å². The van der Waals surface area contributed by atoms with Gasteiger partial charge in [-0.25, -0.2) is 0 Å². The Balaban J connectivity index is 1.24. The lowest BCUT2D eigenvalue weighted by molar-refractivity contribution is -0.135. The summed E-state index contributed by atoms with van der Waals surface area (Å²) in [5.41, 5.74) is 0.193. The number of hydrogen-bond acceptors (Lipinski definition) is 5. The van der Waals surface area contributed by atoms with E-state index in [0.717, 1.165) is 50.6 Å². The molecule has 4 bridgehead atoms. The monoisotopic (exact) mass is 416 g/mol. The first-order valence-corrected chi connectivity index (χ1v) is 11.8. The number of amides is 2. The molecule has 0 spiro atoms. The summed E-state index contributed by atoms with van der Waals surface area (Å²) in [4.78, 5) is 29.5. The number of hydrogen-bond donors (Lipinski definition) is 1. The highest BCUT2D eigenvalue weighted by Gasteiger charge is 2.51. The summed E-state index contributed by atoms with van der Waals surface area (Å²) in [6, 6.07) is 2.13. The van der Waals surface area contributed by atoms with Crippen molar-refractivity contribution in [1.29, 1.82) is 5.26 Å². The van der Waals surface area contributed by atoms with Crippen molar-refractivity contribution in [2.75, 3.05) is 52.5 Å². The van der Waals surface area contributed by atoms with Crippen LogP contribution in [0.5, 0.6) is 0 Å². The summed E-state index contributed by atoms with van der Waals surface area (Å²) in [5.74, 6) is 2.42. The lowest BCUT2D eigenvalue weighted by Crippen LogP contribution is -2.49. The minimum absolute atomic E-state index is 0.0266. The molecule has 0 aromatic heterocycles. The van der Waals surface area contributed by atoms with Crippen LogP contribution in [0.4, 0.5) is 0 Å². The second-order valence-electron chi connectivity index (χ2n) is 10.1. The highest BCUT2D eigenvalue weighted by molar-refractivity contribution is 5.85. The van der Waals surface area contributed by atoms with Crippen LogP contribution in [0.25, 0.3) is 0 Å². The van der Waals surface area contributed by atoms with E-state index in [9.17, 15) is 9.59 Å². The summed E-state index contributed by atoms with van der Waals surface area (Å²) in [7, 11) is 0. The second kappa shape index (κ2) is 9.65. The van der Waals surface area contributed by atoms with Gasteiger partial charge in [0.25, 0.3) is 0 Å². The zero-order chi connectivity index (χ0) is 21.0. The third kappa shape index (κ3) is 5.33. The van der Waals surface area contributed by atoms with Crippen LogP contribution >= 0.6 is 0 Å². The lowest BCUT2D eigenvalue weighted by atomic mass is 9.49. The van der Waals surface area contributed by atoms with Gasteiger partial charge < -0.3 is 15.0 Å². The average molecular weight is 417 g/mol. The van der Waals surface area contributed by atoms with Crippen LogP contribution in [0.2, 0.25) is 0 Å². The third-order valence-corrected chi connectivity index (χ3v) is 7.77. The molecule has 7 heteroatoms. The van der Waals surface area contributed by atoms with Crippen molar-refractivity contribution in [2.24, 2.45) is 23.2 Å². The van der Waals surface area contributed by atoms with Gasteiger partial charge in [-0.1, -0.05) is 0 Å². The largest absolute Gasteiger partial charge is 0.379 e. The van der Waals surface area contributed by atoms with Gasteiger partial charge in [-0.2, -0.15) is 5.26 Å². The molecule has 1 aliphatic heterocycles. The molecule has 5 rings (SSSR count). The predicted molar refractivity (Wildman–Crippen MR) is 112 cm³/mol. The van der Waals surface area contributed by atoms with Crippen molar-refractivity contribution in [3.05, 3.63) is 0 Å². The molecule has 4 aliphatic carbocycles. The fourth-order valence-corrected chi connectivity index (χ4v) is 6.83. The topological polar surface area (TPSA) is 85.7 Å². The Morgan fingerprint density at radius 3 is 2.30 bits per heavy atom. The number of carbonyl (C=O) groups excluding carboxylic acids is 2. The molecule has 0 radical (unpaired) electrons. The highest BCUT2D eigenvalue weighted by Crippen LogP contribution is 2.61. The molecule has 5 fully saturated rings. The molecule has 0 aromatic rings. The van der Waals surface area contributed by atoms with Crippen LogP contribution in [-0.2, 0) is 14.3 Å². The summed E-state index contributed by atoms with van der Waals surface area (Å²) < 4.78 is 5.37. The summed E-state index contributed by atoms with van der Waals surface area (Å²) >= 11 is 0. The zero-order valence-electron chi connectivity index (χ0n) is 18.1. The average Bonchev–Trinajstić information content (AvgIpc) is 2.71. The van der Waals surface area contributed by atoms with Gasteiger partial charge in [0.05, 0.1) is 32.2 Å². The van der Waals surface area contributed by atoms with Crippen LogP contribution in [0.3, 0.4) is 0 Å². The van der Waals surface area contributed by atoms with Crippen LogP contribution in [0.1, 0.15) is 51.4 Å². The fourth-order valence-electron chi connectivity index (χ4n) is 6.83. The third-order valence-electron chi connectivity index (χ3n) is 7.77. The fraction of sp³-hybridized carbons (Fsp3) is 0.870. The molecule has 30 heavy (non-hydrogen) atoms. The van der Waals surface area contributed by atoms with Gasteiger partial charge in [-0.05, 0) is 61.7 Å². The van der Waals surface area contributed by atoms with E-state index >= 15 is 0 Å². The van der Waals surface area contributed by atoms with Crippen LogP contribution < -0.4 is 5.32 Å².